The Balaban J connectivity index is 2.99. The highest BCUT2D eigenvalue weighted by Crippen LogP contribution is 2.28. The van der Waals surface area contributed by atoms with E-state index in [-0.39, 0.29) is 0 Å². The summed E-state index contributed by atoms with van der Waals surface area (Å²) in [6.45, 7) is 18.5. The van der Waals surface area contributed by atoms with Crippen LogP contribution in [0.4, 0.5) is 0 Å². The molecule has 0 saturated carbocycles. The summed E-state index contributed by atoms with van der Waals surface area (Å²) < 4.78 is 25.8. The minimum Gasteiger partial charge on any atom is -0.404 e. The molecular weight excluding hydrogens is 348 g/mol. The van der Waals surface area contributed by atoms with Gasteiger partial charge in [-0.3, -0.25) is 9.96 Å². The standard InChI is InChI=1S/C12H34N2O4Si4/c1-9-11-13-21(7)15-19(3,4)17-22(8,14-12-10-2)18-20(5,6)16-21/h13-14H,9-12H2,1-8H3. The van der Waals surface area contributed by atoms with Gasteiger partial charge in [-0.15, -0.1) is 0 Å². The first-order valence-corrected chi connectivity index (χ1v) is 18.5. The number of rotatable bonds is 6. The molecule has 1 fully saturated rings. The Bertz CT molecular complexity index is 321. The minimum absolute atomic E-state index is 0.889. The van der Waals surface area contributed by atoms with Crippen molar-refractivity contribution in [2.75, 3.05) is 13.1 Å². The molecule has 0 aliphatic carbocycles. The van der Waals surface area contributed by atoms with Crippen LogP contribution < -0.4 is 9.96 Å². The van der Waals surface area contributed by atoms with Crippen molar-refractivity contribution in [1.82, 2.24) is 9.96 Å². The van der Waals surface area contributed by atoms with Crippen LogP contribution in [0.5, 0.6) is 0 Å². The van der Waals surface area contributed by atoms with Gasteiger partial charge in [0.25, 0.3) is 0 Å². The molecule has 0 spiro atoms. The molecule has 1 aliphatic rings. The Labute approximate surface area is 140 Å². The van der Waals surface area contributed by atoms with Crippen LogP contribution in [0.25, 0.3) is 0 Å². The minimum atomic E-state index is -2.49. The van der Waals surface area contributed by atoms with E-state index in [1.54, 1.807) is 0 Å². The molecule has 0 aromatic rings. The van der Waals surface area contributed by atoms with Gasteiger partial charge >= 0.3 is 34.6 Å². The molecule has 132 valence electrons. The summed E-state index contributed by atoms with van der Waals surface area (Å²) >= 11 is 0. The van der Waals surface area contributed by atoms with Crippen molar-refractivity contribution < 1.29 is 16.5 Å². The van der Waals surface area contributed by atoms with Crippen LogP contribution in [0.2, 0.25) is 39.3 Å². The van der Waals surface area contributed by atoms with Crippen molar-refractivity contribution >= 4 is 34.6 Å². The molecule has 0 aromatic carbocycles. The first-order chi connectivity index (χ1) is 9.95. The van der Waals surface area contributed by atoms with Crippen molar-refractivity contribution in [3.05, 3.63) is 0 Å². The van der Waals surface area contributed by atoms with Crippen molar-refractivity contribution in [3.8, 4) is 0 Å². The Morgan fingerprint density at radius 2 is 0.864 bits per heavy atom. The maximum absolute atomic E-state index is 6.45. The van der Waals surface area contributed by atoms with Crippen LogP contribution in [-0.4, -0.2) is 47.7 Å². The van der Waals surface area contributed by atoms with Crippen LogP contribution in [0, 0.1) is 0 Å². The smallest absolute Gasteiger partial charge is 0.404 e. The van der Waals surface area contributed by atoms with E-state index < -0.39 is 34.6 Å². The monoisotopic (exact) mass is 382 g/mol. The van der Waals surface area contributed by atoms with Crippen LogP contribution in [0.1, 0.15) is 26.7 Å². The lowest BCUT2D eigenvalue weighted by Gasteiger charge is -2.48. The van der Waals surface area contributed by atoms with Gasteiger partial charge in [0.05, 0.1) is 0 Å². The fourth-order valence-corrected chi connectivity index (χ4v) is 22.5. The fraction of sp³-hybridized carbons (Fsp3) is 1.00. The maximum atomic E-state index is 6.45. The molecule has 1 aliphatic heterocycles. The fourth-order valence-electron chi connectivity index (χ4n) is 2.81. The number of nitrogens with one attached hydrogen (secondary N) is 2. The van der Waals surface area contributed by atoms with Gasteiger partial charge in [0.1, 0.15) is 0 Å². The lowest BCUT2D eigenvalue weighted by Crippen LogP contribution is -2.73. The van der Waals surface area contributed by atoms with Crippen LogP contribution in [-0.2, 0) is 16.5 Å². The van der Waals surface area contributed by atoms with E-state index in [2.05, 4.69) is 63.1 Å². The van der Waals surface area contributed by atoms with Gasteiger partial charge in [-0.2, -0.15) is 0 Å². The Kier molecular flexibility index (Phi) is 7.21. The van der Waals surface area contributed by atoms with Crippen molar-refractivity contribution in [2.45, 2.75) is 66.0 Å². The summed E-state index contributed by atoms with van der Waals surface area (Å²) in [5, 5.41) is 0. The van der Waals surface area contributed by atoms with Gasteiger partial charge < -0.3 is 16.5 Å². The highest BCUT2D eigenvalue weighted by atomic mass is 28.5. The Morgan fingerprint density at radius 1 is 0.591 bits per heavy atom. The predicted molar refractivity (Wildman–Crippen MR) is 99.1 cm³/mol. The van der Waals surface area contributed by atoms with Gasteiger partial charge in [-0.1, -0.05) is 13.8 Å². The second-order valence-corrected chi connectivity index (χ2v) is 20.3. The summed E-state index contributed by atoms with van der Waals surface area (Å²) in [4.78, 5) is 6.99. The molecule has 6 nitrogen and oxygen atoms in total. The molecule has 22 heavy (non-hydrogen) atoms. The molecule has 0 radical (unpaired) electrons. The van der Waals surface area contributed by atoms with Crippen LogP contribution in [0.15, 0.2) is 0 Å². The summed E-state index contributed by atoms with van der Waals surface area (Å²) in [7, 11) is -9.65. The van der Waals surface area contributed by atoms with Gasteiger partial charge in [0.2, 0.25) is 0 Å². The largest absolute Gasteiger partial charge is 0.404 e. The zero-order valence-corrected chi connectivity index (χ0v) is 19.5. The molecule has 0 unspecified atom stereocenters. The van der Waals surface area contributed by atoms with Crippen LogP contribution >= 0.6 is 0 Å². The van der Waals surface area contributed by atoms with Crippen molar-refractivity contribution in [3.63, 3.8) is 0 Å². The molecule has 0 bridgehead atoms. The molecule has 0 amide bonds. The molecular formula is C12H34N2O4Si4. The number of hydrogen-bond donors (Lipinski definition) is 2. The van der Waals surface area contributed by atoms with E-state index in [1.165, 1.54) is 0 Å². The molecule has 1 saturated heterocycles. The lowest BCUT2D eigenvalue weighted by molar-refractivity contribution is 0.217. The maximum Gasteiger partial charge on any atom is 0.404 e. The predicted octanol–water partition coefficient (Wildman–Crippen LogP) is 2.61. The van der Waals surface area contributed by atoms with Gasteiger partial charge in [-0.05, 0) is 65.2 Å². The van der Waals surface area contributed by atoms with E-state index in [4.69, 9.17) is 16.5 Å². The summed E-state index contributed by atoms with van der Waals surface area (Å²) in [6, 6.07) is 0. The van der Waals surface area contributed by atoms with E-state index >= 15 is 0 Å². The molecule has 0 atom stereocenters. The molecule has 1 rings (SSSR count). The third-order valence-electron chi connectivity index (χ3n) is 3.15. The first-order valence-electron chi connectivity index (χ1n) is 8.25. The average molecular weight is 383 g/mol. The molecule has 10 heteroatoms. The van der Waals surface area contributed by atoms with E-state index in [0.29, 0.717) is 0 Å². The molecule has 1 heterocycles. The highest BCUT2D eigenvalue weighted by Gasteiger charge is 2.54. The van der Waals surface area contributed by atoms with Crippen LogP contribution in [0.3, 0.4) is 0 Å². The van der Waals surface area contributed by atoms with Gasteiger partial charge in [0, 0.05) is 0 Å². The average Bonchev–Trinajstić information content (AvgIpc) is 2.29. The lowest BCUT2D eigenvalue weighted by atomic mass is 10.5. The Hall–Kier alpha value is 0.628. The topological polar surface area (TPSA) is 61.0 Å². The van der Waals surface area contributed by atoms with E-state index in [0.717, 1.165) is 25.9 Å². The third kappa shape index (κ3) is 6.63. The normalized spacial score (nSPS) is 34.9. The quantitative estimate of drug-likeness (QED) is 0.689. The zero-order valence-electron chi connectivity index (χ0n) is 15.5. The first kappa shape index (κ1) is 20.7. The van der Waals surface area contributed by atoms with Crippen molar-refractivity contribution in [2.24, 2.45) is 0 Å². The summed E-state index contributed by atoms with van der Waals surface area (Å²) in [5.74, 6) is 0. The second kappa shape index (κ2) is 7.67. The SMILES string of the molecule is CCCN[Si]1(C)O[Si](C)(C)O[Si](C)(NCCC)O[Si](C)(C)O1. The zero-order chi connectivity index (χ0) is 17.1. The third-order valence-corrected chi connectivity index (χ3v) is 19.0. The van der Waals surface area contributed by atoms with Gasteiger partial charge in [0.15, 0.2) is 0 Å². The highest BCUT2D eigenvalue weighted by molar-refractivity contribution is 6.92. The summed E-state index contributed by atoms with van der Waals surface area (Å²) in [6.07, 6.45) is 2.09. The second-order valence-electron chi connectivity index (χ2n) is 6.95. The Morgan fingerprint density at radius 3 is 1.09 bits per heavy atom. The van der Waals surface area contributed by atoms with Crippen molar-refractivity contribution in [1.29, 1.82) is 0 Å². The van der Waals surface area contributed by atoms with E-state index in [1.807, 2.05) is 0 Å². The molecule has 2 N–H and O–H groups in total. The number of hydrogen-bond acceptors (Lipinski definition) is 6. The van der Waals surface area contributed by atoms with E-state index in [9.17, 15) is 0 Å². The van der Waals surface area contributed by atoms with Gasteiger partial charge in [-0.25, -0.2) is 0 Å². The molecule has 0 aromatic heterocycles. The summed E-state index contributed by atoms with van der Waals surface area (Å²) in [5.41, 5.74) is 0.